The molecule has 8 heteroatoms. The number of piperazine rings is 1. The van der Waals surface area contributed by atoms with E-state index in [2.05, 4.69) is 24.5 Å². The third kappa shape index (κ3) is 5.65. The van der Waals surface area contributed by atoms with Gasteiger partial charge in [0.05, 0.1) is 0 Å². The zero-order valence-electron chi connectivity index (χ0n) is 17.6. The molecular formula is C23H26FN5OS. The van der Waals surface area contributed by atoms with Gasteiger partial charge in [0.1, 0.15) is 11.6 Å². The van der Waals surface area contributed by atoms with E-state index in [1.807, 2.05) is 31.2 Å². The summed E-state index contributed by atoms with van der Waals surface area (Å²) in [7, 11) is 0. The molecule has 1 aliphatic rings. The molecule has 1 N–H and O–H groups in total. The molecule has 162 valence electrons. The molecule has 6 nitrogen and oxygen atoms in total. The normalized spacial score (nSPS) is 14.6. The lowest BCUT2D eigenvalue weighted by Crippen LogP contribution is -2.48. The summed E-state index contributed by atoms with van der Waals surface area (Å²) in [6.07, 6.45) is 0.608. The second kappa shape index (κ2) is 9.98. The fourth-order valence-corrected chi connectivity index (χ4v) is 4.38. The molecule has 0 unspecified atom stereocenters. The number of amides is 1. The molecule has 1 fully saturated rings. The van der Waals surface area contributed by atoms with E-state index >= 15 is 0 Å². The molecule has 2 aromatic carbocycles. The zero-order chi connectivity index (χ0) is 21.6. The Morgan fingerprint density at radius 2 is 1.84 bits per heavy atom. The molecule has 0 saturated carbocycles. The van der Waals surface area contributed by atoms with Crippen LogP contribution in [0.3, 0.4) is 0 Å². The molecule has 1 saturated heterocycles. The van der Waals surface area contributed by atoms with E-state index in [9.17, 15) is 9.18 Å². The predicted molar refractivity (Wildman–Crippen MR) is 121 cm³/mol. The van der Waals surface area contributed by atoms with E-state index in [4.69, 9.17) is 0 Å². The summed E-state index contributed by atoms with van der Waals surface area (Å²) in [4.78, 5) is 21.6. The van der Waals surface area contributed by atoms with Gasteiger partial charge in [-0.2, -0.15) is 4.37 Å². The smallest absolute Gasteiger partial charge is 0.251 e. The monoisotopic (exact) mass is 439 g/mol. The highest BCUT2D eigenvalue weighted by Gasteiger charge is 2.20. The van der Waals surface area contributed by atoms with E-state index in [1.54, 1.807) is 12.1 Å². The first-order valence-electron chi connectivity index (χ1n) is 10.5. The molecule has 31 heavy (non-hydrogen) atoms. The number of carbonyl (C=O) groups excluding carboxylic acids is 1. The van der Waals surface area contributed by atoms with Crippen LogP contribution in [0, 0.1) is 12.7 Å². The first kappa shape index (κ1) is 21.4. The molecular weight excluding hydrogens is 413 g/mol. The van der Waals surface area contributed by atoms with Crippen molar-refractivity contribution in [1.82, 2.24) is 19.6 Å². The number of nitrogens with zero attached hydrogens (tertiary/aromatic N) is 4. The highest BCUT2D eigenvalue weighted by atomic mass is 32.1. The Morgan fingerprint density at radius 3 is 2.58 bits per heavy atom. The second-order valence-electron chi connectivity index (χ2n) is 7.70. The zero-order valence-corrected chi connectivity index (χ0v) is 18.4. The van der Waals surface area contributed by atoms with E-state index in [0.717, 1.165) is 60.4 Å². The van der Waals surface area contributed by atoms with Gasteiger partial charge < -0.3 is 10.2 Å². The minimum Gasteiger partial charge on any atom is -0.351 e. The topological polar surface area (TPSA) is 61.4 Å². The van der Waals surface area contributed by atoms with Gasteiger partial charge in [0, 0.05) is 62.8 Å². The third-order valence-corrected chi connectivity index (χ3v) is 6.29. The van der Waals surface area contributed by atoms with Crippen molar-refractivity contribution in [2.75, 3.05) is 44.2 Å². The van der Waals surface area contributed by atoms with Gasteiger partial charge in [-0.1, -0.05) is 30.3 Å². The Hall–Kier alpha value is -2.84. The number of rotatable bonds is 7. The second-order valence-corrected chi connectivity index (χ2v) is 8.43. The number of hydrogen-bond acceptors (Lipinski definition) is 6. The number of carbonyl (C=O) groups is 1. The Balaban J connectivity index is 1.21. The van der Waals surface area contributed by atoms with E-state index < -0.39 is 0 Å². The van der Waals surface area contributed by atoms with Crippen LogP contribution in [0.25, 0.3) is 0 Å². The van der Waals surface area contributed by atoms with Gasteiger partial charge in [0.15, 0.2) is 0 Å². The minimum atomic E-state index is -0.233. The number of anilines is 1. The van der Waals surface area contributed by atoms with Crippen LogP contribution in [-0.4, -0.2) is 59.4 Å². The molecule has 3 aromatic rings. The maximum absolute atomic E-state index is 13.1. The van der Waals surface area contributed by atoms with Crippen molar-refractivity contribution in [3.05, 3.63) is 76.9 Å². The van der Waals surface area contributed by atoms with Crippen molar-refractivity contribution in [2.24, 2.45) is 0 Å². The summed E-state index contributed by atoms with van der Waals surface area (Å²) in [5.74, 6) is 0.524. The number of halogens is 1. The molecule has 1 aliphatic heterocycles. The maximum atomic E-state index is 13.1. The molecule has 1 amide bonds. The van der Waals surface area contributed by atoms with E-state index in [-0.39, 0.29) is 11.7 Å². The van der Waals surface area contributed by atoms with Crippen molar-refractivity contribution in [3.8, 4) is 0 Å². The molecule has 1 aromatic heterocycles. The van der Waals surface area contributed by atoms with Crippen LogP contribution in [-0.2, 0) is 6.42 Å². The lowest BCUT2D eigenvalue weighted by molar-refractivity contribution is 0.0947. The highest BCUT2D eigenvalue weighted by Crippen LogP contribution is 2.20. The van der Waals surface area contributed by atoms with Crippen molar-refractivity contribution < 1.29 is 9.18 Å². The number of hydrogen-bond donors (Lipinski definition) is 1. The van der Waals surface area contributed by atoms with Gasteiger partial charge in [-0.3, -0.25) is 9.69 Å². The Morgan fingerprint density at radius 1 is 1.10 bits per heavy atom. The summed E-state index contributed by atoms with van der Waals surface area (Å²) in [6, 6.07) is 14.1. The maximum Gasteiger partial charge on any atom is 0.251 e. The average Bonchev–Trinajstić information content (AvgIpc) is 3.24. The van der Waals surface area contributed by atoms with Gasteiger partial charge in [0.25, 0.3) is 5.91 Å². The lowest BCUT2D eigenvalue weighted by Gasteiger charge is -2.34. The van der Waals surface area contributed by atoms with Gasteiger partial charge >= 0.3 is 0 Å². The Kier molecular flexibility index (Phi) is 6.89. The SMILES string of the molecule is Cc1ccccc1C(=O)NCCN1CCN(c2nc(Cc3ccc(F)cc3)ns2)CC1. The minimum absolute atomic E-state index is 0.0146. The summed E-state index contributed by atoms with van der Waals surface area (Å²) in [5, 5.41) is 3.96. The van der Waals surface area contributed by atoms with Crippen LogP contribution in [0.2, 0.25) is 0 Å². The summed E-state index contributed by atoms with van der Waals surface area (Å²) >= 11 is 1.42. The molecule has 0 aliphatic carbocycles. The summed E-state index contributed by atoms with van der Waals surface area (Å²) in [6.45, 7) is 7.03. The molecule has 2 heterocycles. The average molecular weight is 440 g/mol. The van der Waals surface area contributed by atoms with Gasteiger partial charge in [-0.25, -0.2) is 9.37 Å². The fraction of sp³-hybridized carbons (Fsp3) is 0.348. The van der Waals surface area contributed by atoms with Crippen LogP contribution < -0.4 is 10.2 Å². The predicted octanol–water partition coefficient (Wildman–Crippen LogP) is 3.13. The molecule has 4 rings (SSSR count). The van der Waals surface area contributed by atoms with Crippen LogP contribution in [0.5, 0.6) is 0 Å². The standard InChI is InChI=1S/C23H26FN5OS/c1-17-4-2-3-5-20(17)22(30)25-10-11-28-12-14-29(15-13-28)23-26-21(27-31-23)16-18-6-8-19(24)9-7-18/h2-9H,10-16H2,1H3,(H,25,30). The lowest BCUT2D eigenvalue weighted by atomic mass is 10.1. The largest absolute Gasteiger partial charge is 0.351 e. The fourth-order valence-electron chi connectivity index (χ4n) is 3.64. The first-order valence-corrected chi connectivity index (χ1v) is 11.2. The van der Waals surface area contributed by atoms with Crippen molar-refractivity contribution in [2.45, 2.75) is 13.3 Å². The molecule has 0 bridgehead atoms. The van der Waals surface area contributed by atoms with Gasteiger partial charge in [-0.05, 0) is 36.2 Å². The number of aryl methyl sites for hydroxylation is 1. The van der Waals surface area contributed by atoms with Crippen LogP contribution in [0.15, 0.2) is 48.5 Å². The van der Waals surface area contributed by atoms with Crippen LogP contribution >= 0.6 is 11.5 Å². The summed E-state index contributed by atoms with van der Waals surface area (Å²) < 4.78 is 17.5. The summed E-state index contributed by atoms with van der Waals surface area (Å²) in [5.41, 5.74) is 2.73. The highest BCUT2D eigenvalue weighted by molar-refractivity contribution is 7.09. The number of benzene rings is 2. The third-order valence-electron chi connectivity index (χ3n) is 5.48. The number of nitrogens with one attached hydrogen (secondary N) is 1. The van der Waals surface area contributed by atoms with Gasteiger partial charge in [-0.15, -0.1) is 0 Å². The van der Waals surface area contributed by atoms with Crippen molar-refractivity contribution >= 4 is 22.6 Å². The Labute approximate surface area is 185 Å². The Bertz CT molecular complexity index is 1010. The molecule has 0 spiro atoms. The van der Waals surface area contributed by atoms with E-state index in [0.29, 0.717) is 13.0 Å². The molecule has 0 atom stereocenters. The van der Waals surface area contributed by atoms with Crippen LogP contribution in [0.4, 0.5) is 9.52 Å². The van der Waals surface area contributed by atoms with Crippen molar-refractivity contribution in [3.63, 3.8) is 0 Å². The molecule has 0 radical (unpaired) electrons. The van der Waals surface area contributed by atoms with Crippen molar-refractivity contribution in [1.29, 1.82) is 0 Å². The van der Waals surface area contributed by atoms with Crippen LogP contribution in [0.1, 0.15) is 27.3 Å². The quantitative estimate of drug-likeness (QED) is 0.613. The van der Waals surface area contributed by atoms with E-state index in [1.165, 1.54) is 23.7 Å². The number of aromatic nitrogens is 2. The van der Waals surface area contributed by atoms with Gasteiger partial charge in [0.2, 0.25) is 5.13 Å². The first-order chi connectivity index (χ1) is 15.1.